The van der Waals surface area contributed by atoms with Gasteiger partial charge in [0.25, 0.3) is 0 Å². The molecule has 1 aliphatic heterocycles. The van der Waals surface area contributed by atoms with Gasteiger partial charge < -0.3 is 15.4 Å². The van der Waals surface area contributed by atoms with Gasteiger partial charge in [-0.2, -0.15) is 0 Å². The molecular weight excluding hydrogens is 346 g/mol. The number of hydrogen-bond donors (Lipinski definition) is 1. The number of nitrogens with two attached hydrogens (primary N) is 1. The summed E-state index contributed by atoms with van der Waals surface area (Å²) in [4.78, 5) is 6.70. The Bertz CT molecular complexity index is 743. The van der Waals surface area contributed by atoms with Crippen LogP contribution >= 0.6 is 0 Å². The SMILES string of the molecule is NC(CCCOc1ccc2c(c1)CCC(CN1CCCC1)C2)c1ccncc1. The highest BCUT2D eigenvalue weighted by molar-refractivity contribution is 5.37. The first-order chi connectivity index (χ1) is 13.8. The molecule has 1 fully saturated rings. The van der Waals surface area contributed by atoms with E-state index in [1.807, 2.05) is 12.1 Å². The van der Waals surface area contributed by atoms with Crippen molar-refractivity contribution in [3.8, 4) is 5.75 Å². The topological polar surface area (TPSA) is 51.4 Å². The minimum atomic E-state index is 0.0580. The van der Waals surface area contributed by atoms with Crippen LogP contribution < -0.4 is 10.5 Å². The molecule has 1 saturated heterocycles. The maximum absolute atomic E-state index is 6.25. The lowest BCUT2D eigenvalue weighted by atomic mass is 9.83. The van der Waals surface area contributed by atoms with Crippen LogP contribution in [0.4, 0.5) is 0 Å². The van der Waals surface area contributed by atoms with Gasteiger partial charge in [-0.25, -0.2) is 0 Å². The van der Waals surface area contributed by atoms with Crippen molar-refractivity contribution >= 4 is 0 Å². The fourth-order valence-corrected chi connectivity index (χ4v) is 4.65. The number of aromatic nitrogens is 1. The number of ether oxygens (including phenoxy) is 1. The molecule has 2 aliphatic rings. The lowest BCUT2D eigenvalue weighted by Crippen LogP contribution is -2.30. The molecule has 4 nitrogen and oxygen atoms in total. The number of nitrogens with zero attached hydrogens (tertiary/aromatic N) is 2. The maximum Gasteiger partial charge on any atom is 0.119 e. The summed E-state index contributed by atoms with van der Waals surface area (Å²) in [7, 11) is 0. The van der Waals surface area contributed by atoms with Gasteiger partial charge in [0.15, 0.2) is 0 Å². The van der Waals surface area contributed by atoms with Gasteiger partial charge in [-0.05, 0) is 105 Å². The van der Waals surface area contributed by atoms with Gasteiger partial charge in [0.2, 0.25) is 0 Å². The number of pyridine rings is 1. The summed E-state index contributed by atoms with van der Waals surface area (Å²) in [6.45, 7) is 4.62. The predicted octanol–water partition coefficient (Wildman–Crippen LogP) is 4.14. The van der Waals surface area contributed by atoms with E-state index in [0.29, 0.717) is 0 Å². The fraction of sp³-hybridized carbons (Fsp3) is 0.542. The molecule has 2 aromatic rings. The third-order valence-corrected chi connectivity index (χ3v) is 6.29. The van der Waals surface area contributed by atoms with Crippen LogP contribution in [0.3, 0.4) is 0 Å². The second-order valence-electron chi connectivity index (χ2n) is 8.42. The third-order valence-electron chi connectivity index (χ3n) is 6.29. The monoisotopic (exact) mass is 379 g/mol. The highest BCUT2D eigenvalue weighted by Gasteiger charge is 2.22. The zero-order valence-electron chi connectivity index (χ0n) is 16.9. The fourth-order valence-electron chi connectivity index (χ4n) is 4.65. The van der Waals surface area contributed by atoms with E-state index < -0.39 is 0 Å². The molecule has 2 N–H and O–H groups in total. The van der Waals surface area contributed by atoms with E-state index in [1.54, 1.807) is 12.4 Å². The quantitative estimate of drug-likeness (QED) is 0.700. The number of aryl methyl sites for hydroxylation is 1. The van der Waals surface area contributed by atoms with Gasteiger partial charge in [-0.1, -0.05) is 6.07 Å². The minimum Gasteiger partial charge on any atom is -0.494 e. The zero-order valence-corrected chi connectivity index (χ0v) is 16.9. The summed E-state index contributed by atoms with van der Waals surface area (Å²) in [6.07, 6.45) is 12.0. The van der Waals surface area contributed by atoms with Crippen molar-refractivity contribution in [3.63, 3.8) is 0 Å². The van der Waals surface area contributed by atoms with Crippen molar-refractivity contribution in [2.24, 2.45) is 11.7 Å². The molecule has 0 amide bonds. The molecule has 1 aliphatic carbocycles. The van der Waals surface area contributed by atoms with E-state index in [9.17, 15) is 0 Å². The van der Waals surface area contributed by atoms with E-state index in [4.69, 9.17) is 10.5 Å². The van der Waals surface area contributed by atoms with Crippen molar-refractivity contribution < 1.29 is 4.74 Å². The molecular formula is C24H33N3O. The Morgan fingerprint density at radius 1 is 1.11 bits per heavy atom. The first-order valence-electron chi connectivity index (χ1n) is 10.9. The molecule has 4 heteroatoms. The van der Waals surface area contributed by atoms with Crippen LogP contribution in [-0.4, -0.2) is 36.1 Å². The first-order valence-corrected chi connectivity index (χ1v) is 10.9. The molecule has 4 rings (SSSR count). The van der Waals surface area contributed by atoms with Crippen LogP contribution in [0.25, 0.3) is 0 Å². The minimum absolute atomic E-state index is 0.0580. The maximum atomic E-state index is 6.25. The predicted molar refractivity (Wildman–Crippen MR) is 114 cm³/mol. The van der Waals surface area contributed by atoms with Crippen molar-refractivity contribution in [2.45, 2.75) is 51.0 Å². The van der Waals surface area contributed by atoms with Crippen molar-refractivity contribution in [1.29, 1.82) is 0 Å². The Kier molecular flexibility index (Phi) is 6.61. The molecule has 0 radical (unpaired) electrons. The van der Waals surface area contributed by atoms with Crippen molar-refractivity contribution in [1.82, 2.24) is 9.88 Å². The Balaban J connectivity index is 1.22. The third kappa shape index (κ3) is 5.12. The average molecular weight is 380 g/mol. The Labute approximate surface area is 169 Å². The Hall–Kier alpha value is -1.91. The summed E-state index contributed by atoms with van der Waals surface area (Å²) in [6, 6.07) is 10.8. The molecule has 28 heavy (non-hydrogen) atoms. The van der Waals surface area contributed by atoms with Crippen LogP contribution in [0.15, 0.2) is 42.7 Å². The largest absolute Gasteiger partial charge is 0.494 e. The summed E-state index contributed by atoms with van der Waals surface area (Å²) >= 11 is 0. The van der Waals surface area contributed by atoms with Crippen LogP contribution in [0.1, 0.15) is 54.8 Å². The van der Waals surface area contributed by atoms with Gasteiger partial charge in [0.1, 0.15) is 5.75 Å². The van der Waals surface area contributed by atoms with E-state index >= 15 is 0 Å². The van der Waals surface area contributed by atoms with Crippen molar-refractivity contribution in [2.75, 3.05) is 26.2 Å². The summed E-state index contributed by atoms with van der Waals surface area (Å²) in [5.41, 5.74) is 10.4. The molecule has 2 unspecified atom stereocenters. The molecule has 150 valence electrons. The van der Waals surface area contributed by atoms with Gasteiger partial charge in [-0.3, -0.25) is 4.98 Å². The molecule has 0 bridgehead atoms. The van der Waals surface area contributed by atoms with E-state index in [-0.39, 0.29) is 6.04 Å². The van der Waals surface area contributed by atoms with Crippen molar-refractivity contribution in [3.05, 3.63) is 59.4 Å². The highest BCUT2D eigenvalue weighted by atomic mass is 16.5. The van der Waals surface area contributed by atoms with E-state index in [0.717, 1.165) is 36.7 Å². The summed E-state index contributed by atoms with van der Waals surface area (Å²) in [5, 5.41) is 0. The first kappa shape index (κ1) is 19.4. The van der Waals surface area contributed by atoms with Gasteiger partial charge in [0, 0.05) is 25.0 Å². The molecule has 0 spiro atoms. The van der Waals surface area contributed by atoms with Crippen LogP contribution in [0.5, 0.6) is 5.75 Å². The molecule has 1 aromatic carbocycles. The number of fused-ring (bicyclic) bond motifs is 1. The zero-order chi connectivity index (χ0) is 19.2. The molecule has 0 saturated carbocycles. The average Bonchev–Trinajstić information content (AvgIpc) is 3.25. The summed E-state index contributed by atoms with van der Waals surface area (Å²) in [5.74, 6) is 1.83. The lowest BCUT2D eigenvalue weighted by molar-refractivity contribution is 0.261. The second-order valence-corrected chi connectivity index (χ2v) is 8.42. The molecule has 2 atom stereocenters. The van der Waals surface area contributed by atoms with Gasteiger partial charge in [0.05, 0.1) is 6.61 Å². The standard InChI is InChI=1S/C24H33N3O/c25-24(20-9-11-26-12-10-20)4-3-15-28-23-8-7-21-16-19(5-6-22(21)17-23)18-27-13-1-2-14-27/h7-12,17,19,24H,1-6,13-16,18,25H2. The second kappa shape index (κ2) is 9.53. The van der Waals surface area contributed by atoms with Gasteiger partial charge in [-0.15, -0.1) is 0 Å². The Morgan fingerprint density at radius 3 is 2.75 bits per heavy atom. The van der Waals surface area contributed by atoms with Crippen LogP contribution in [0.2, 0.25) is 0 Å². The number of benzene rings is 1. The van der Waals surface area contributed by atoms with Gasteiger partial charge >= 0.3 is 0 Å². The molecule has 1 aromatic heterocycles. The van der Waals surface area contributed by atoms with Crippen LogP contribution in [0, 0.1) is 5.92 Å². The van der Waals surface area contributed by atoms with E-state index in [1.165, 1.54) is 62.9 Å². The molecule has 2 heterocycles. The number of hydrogen-bond acceptors (Lipinski definition) is 4. The number of rotatable bonds is 8. The lowest BCUT2D eigenvalue weighted by Gasteiger charge is -2.28. The van der Waals surface area contributed by atoms with Crippen LogP contribution in [-0.2, 0) is 12.8 Å². The highest BCUT2D eigenvalue weighted by Crippen LogP contribution is 2.30. The Morgan fingerprint density at radius 2 is 1.93 bits per heavy atom. The normalized spacial score (nSPS) is 20.7. The number of likely N-dealkylation sites (tertiary alicyclic amines) is 1. The van der Waals surface area contributed by atoms with E-state index in [2.05, 4.69) is 28.1 Å². The summed E-state index contributed by atoms with van der Waals surface area (Å²) < 4.78 is 6.02. The smallest absolute Gasteiger partial charge is 0.119 e.